The summed E-state index contributed by atoms with van der Waals surface area (Å²) in [6, 6.07) is 16.5. The highest BCUT2D eigenvalue weighted by Crippen LogP contribution is 2.34. The van der Waals surface area contributed by atoms with Gasteiger partial charge in [0, 0.05) is 22.6 Å². The van der Waals surface area contributed by atoms with E-state index in [0.29, 0.717) is 35.0 Å². The smallest absolute Gasteiger partial charge is 0.179 e. The minimum absolute atomic E-state index is 0.163. The van der Waals surface area contributed by atoms with Crippen molar-refractivity contribution in [2.24, 2.45) is 11.8 Å². The van der Waals surface area contributed by atoms with Gasteiger partial charge in [0.1, 0.15) is 5.58 Å². The Morgan fingerprint density at radius 1 is 0.974 bits per heavy atom. The fourth-order valence-corrected chi connectivity index (χ4v) is 5.37. The van der Waals surface area contributed by atoms with Gasteiger partial charge in [-0.15, -0.1) is 0 Å². The molecule has 0 amide bonds. The van der Waals surface area contributed by atoms with Crippen LogP contribution in [0.1, 0.15) is 49.5 Å². The second-order valence-electron chi connectivity index (χ2n) is 10.3. The number of nitrogens with one attached hydrogen (secondary N) is 1. The Bertz CT molecular complexity index is 1580. The van der Waals surface area contributed by atoms with E-state index in [-0.39, 0.29) is 6.04 Å². The quantitative estimate of drug-likeness (QED) is 0.285. The van der Waals surface area contributed by atoms with Crippen LogP contribution >= 0.6 is 0 Å². The molecule has 5 heteroatoms. The molecule has 4 aromatic rings. The molecule has 0 aliphatic heterocycles. The van der Waals surface area contributed by atoms with Crippen LogP contribution in [0.5, 0.6) is 0 Å². The van der Waals surface area contributed by atoms with Gasteiger partial charge in [-0.05, 0) is 61.3 Å². The number of fused-ring (bicyclic) bond motifs is 3. The normalized spacial score (nSPS) is 18.1. The molecule has 5 nitrogen and oxygen atoms in total. The second-order valence-corrected chi connectivity index (χ2v) is 10.3. The SMILES string of the molecule is C=C(N[C@H](C)[C@@H](C)[C@@H]1C=Cc2ccc3occc3c2C1)c1nc(C2=CCCC=C2)nc(-c2ccccc2)n1. The Morgan fingerprint density at radius 2 is 1.82 bits per heavy atom. The molecular formula is C33H32N4O. The minimum atomic E-state index is 0.163. The van der Waals surface area contributed by atoms with E-state index in [0.717, 1.165) is 36.0 Å². The van der Waals surface area contributed by atoms with E-state index in [4.69, 9.17) is 19.4 Å². The van der Waals surface area contributed by atoms with Crippen LogP contribution in [0.4, 0.5) is 0 Å². The third-order valence-electron chi connectivity index (χ3n) is 7.80. The molecule has 0 radical (unpaired) electrons. The zero-order valence-electron chi connectivity index (χ0n) is 21.9. The molecule has 2 heterocycles. The number of benzene rings is 2. The monoisotopic (exact) mass is 500 g/mol. The number of hydrogen-bond acceptors (Lipinski definition) is 5. The molecule has 0 spiro atoms. The van der Waals surface area contributed by atoms with Crippen LogP contribution in [0.15, 0.2) is 90.1 Å². The lowest BCUT2D eigenvalue weighted by molar-refractivity contribution is 0.345. The average Bonchev–Trinajstić information content (AvgIpc) is 3.47. The molecule has 6 rings (SSSR count). The van der Waals surface area contributed by atoms with E-state index < -0.39 is 0 Å². The molecule has 2 aromatic heterocycles. The summed E-state index contributed by atoms with van der Waals surface area (Å²) in [6.07, 6.45) is 15.9. The van der Waals surface area contributed by atoms with E-state index in [9.17, 15) is 0 Å². The van der Waals surface area contributed by atoms with Crippen LogP contribution < -0.4 is 5.32 Å². The van der Waals surface area contributed by atoms with E-state index in [1.807, 2.05) is 30.3 Å². The van der Waals surface area contributed by atoms with Crippen LogP contribution in [0.3, 0.4) is 0 Å². The van der Waals surface area contributed by atoms with Crippen molar-refractivity contribution in [3.8, 4) is 11.4 Å². The van der Waals surface area contributed by atoms with Crippen molar-refractivity contribution in [3.05, 3.63) is 108 Å². The zero-order chi connectivity index (χ0) is 26.1. The van der Waals surface area contributed by atoms with Gasteiger partial charge in [-0.25, -0.2) is 15.0 Å². The molecule has 38 heavy (non-hydrogen) atoms. The topological polar surface area (TPSA) is 63.8 Å². The molecule has 0 fully saturated rings. The van der Waals surface area contributed by atoms with Crippen molar-refractivity contribution in [2.75, 3.05) is 0 Å². The Labute approximate surface area is 223 Å². The average molecular weight is 501 g/mol. The molecule has 0 saturated carbocycles. The highest BCUT2D eigenvalue weighted by atomic mass is 16.3. The fraction of sp³-hybridized carbons (Fsp3) is 0.242. The molecule has 2 aliphatic rings. The number of hydrogen-bond donors (Lipinski definition) is 1. The van der Waals surface area contributed by atoms with Crippen molar-refractivity contribution in [1.82, 2.24) is 20.3 Å². The molecule has 0 saturated heterocycles. The minimum Gasteiger partial charge on any atom is -0.464 e. The summed E-state index contributed by atoms with van der Waals surface area (Å²) in [7, 11) is 0. The van der Waals surface area contributed by atoms with Crippen molar-refractivity contribution in [2.45, 2.75) is 39.2 Å². The lowest BCUT2D eigenvalue weighted by atomic mass is 9.78. The summed E-state index contributed by atoms with van der Waals surface area (Å²) in [5.74, 6) is 2.67. The van der Waals surface area contributed by atoms with Crippen molar-refractivity contribution >= 4 is 28.3 Å². The fourth-order valence-electron chi connectivity index (χ4n) is 5.37. The molecule has 0 unspecified atom stereocenters. The highest BCUT2D eigenvalue weighted by molar-refractivity contribution is 5.85. The summed E-state index contributed by atoms with van der Waals surface area (Å²) in [6.45, 7) is 8.86. The first kappa shape index (κ1) is 24.1. The Hall–Kier alpha value is -4.25. The van der Waals surface area contributed by atoms with E-state index in [2.05, 4.69) is 74.3 Å². The van der Waals surface area contributed by atoms with Gasteiger partial charge < -0.3 is 9.73 Å². The summed E-state index contributed by atoms with van der Waals surface area (Å²) in [4.78, 5) is 14.5. The highest BCUT2D eigenvalue weighted by Gasteiger charge is 2.26. The largest absolute Gasteiger partial charge is 0.464 e. The van der Waals surface area contributed by atoms with E-state index in [1.165, 1.54) is 16.5 Å². The van der Waals surface area contributed by atoms with Gasteiger partial charge >= 0.3 is 0 Å². The van der Waals surface area contributed by atoms with Gasteiger partial charge in [0.05, 0.1) is 12.0 Å². The summed E-state index contributed by atoms with van der Waals surface area (Å²) < 4.78 is 5.65. The molecule has 2 aliphatic carbocycles. The van der Waals surface area contributed by atoms with Crippen LogP contribution in [-0.4, -0.2) is 21.0 Å². The number of nitrogens with zero attached hydrogens (tertiary/aromatic N) is 3. The van der Waals surface area contributed by atoms with Crippen molar-refractivity contribution in [3.63, 3.8) is 0 Å². The first-order chi connectivity index (χ1) is 18.6. The van der Waals surface area contributed by atoms with Gasteiger partial charge in [0.2, 0.25) is 0 Å². The predicted octanol–water partition coefficient (Wildman–Crippen LogP) is 7.49. The van der Waals surface area contributed by atoms with E-state index in [1.54, 1.807) is 6.26 Å². The third kappa shape index (κ3) is 4.72. The Morgan fingerprint density at radius 3 is 2.63 bits per heavy atom. The second kappa shape index (κ2) is 10.3. The number of furan rings is 1. The predicted molar refractivity (Wildman–Crippen MR) is 155 cm³/mol. The summed E-state index contributed by atoms with van der Waals surface area (Å²) >= 11 is 0. The van der Waals surface area contributed by atoms with Crippen LogP contribution in [0.25, 0.3) is 39.7 Å². The Balaban J connectivity index is 1.24. The van der Waals surface area contributed by atoms with Gasteiger partial charge in [0.25, 0.3) is 0 Å². The standard InChI is InChI=1S/C33H32N4O/c1-21(27-15-14-24-16-17-30-28(18-19-38-30)29(24)20-27)22(2)34-23(3)31-35-32(25-10-6-4-7-11-25)37-33(36-31)26-12-8-5-9-13-26/h4,6-8,10-19,21-22,27,34H,3,5,9,20H2,1-2H3/t21-,22-,27-/m1/s1. The number of allylic oxidation sites excluding steroid dienone is 5. The molecule has 3 atom stereocenters. The van der Waals surface area contributed by atoms with Crippen LogP contribution in [-0.2, 0) is 6.42 Å². The first-order valence-corrected chi connectivity index (χ1v) is 13.4. The van der Waals surface area contributed by atoms with E-state index >= 15 is 0 Å². The van der Waals surface area contributed by atoms with Crippen LogP contribution in [0, 0.1) is 11.8 Å². The summed E-state index contributed by atoms with van der Waals surface area (Å²) in [5, 5.41) is 4.84. The molecular weight excluding hydrogens is 468 g/mol. The van der Waals surface area contributed by atoms with Gasteiger partial charge in [-0.2, -0.15) is 0 Å². The third-order valence-corrected chi connectivity index (χ3v) is 7.80. The maximum atomic E-state index is 5.65. The van der Waals surface area contributed by atoms with Crippen LogP contribution in [0.2, 0.25) is 0 Å². The van der Waals surface area contributed by atoms with Gasteiger partial charge in [-0.1, -0.05) is 80.3 Å². The maximum Gasteiger partial charge on any atom is 0.179 e. The lowest BCUT2D eigenvalue weighted by Gasteiger charge is -2.31. The lowest BCUT2D eigenvalue weighted by Crippen LogP contribution is -2.36. The zero-order valence-corrected chi connectivity index (χ0v) is 21.9. The van der Waals surface area contributed by atoms with Crippen molar-refractivity contribution < 1.29 is 4.42 Å². The summed E-state index contributed by atoms with van der Waals surface area (Å²) in [5.41, 5.74) is 6.30. The van der Waals surface area contributed by atoms with Crippen molar-refractivity contribution in [1.29, 1.82) is 0 Å². The molecule has 190 valence electrons. The van der Waals surface area contributed by atoms with Gasteiger partial charge in [0.15, 0.2) is 17.5 Å². The molecule has 2 aromatic carbocycles. The van der Waals surface area contributed by atoms with Gasteiger partial charge in [-0.3, -0.25) is 0 Å². The molecule has 1 N–H and O–H groups in total. The number of aromatic nitrogens is 3. The first-order valence-electron chi connectivity index (χ1n) is 13.4. The molecule has 0 bridgehead atoms. The Kier molecular flexibility index (Phi) is 6.50. The number of rotatable bonds is 7. The maximum absolute atomic E-state index is 5.65.